The summed E-state index contributed by atoms with van der Waals surface area (Å²) in [7, 11) is 0. The molecule has 0 aromatic heterocycles. The SMILES string of the molecule is CC[C@H](C)[C@H](NC(N)=O)C(=O)NNC(=O)COc1ccccc1Cl. The molecule has 2 atom stereocenters. The van der Waals surface area contributed by atoms with Gasteiger partial charge < -0.3 is 15.8 Å². The predicted molar refractivity (Wildman–Crippen MR) is 89.2 cm³/mol. The van der Waals surface area contributed by atoms with E-state index in [9.17, 15) is 14.4 Å². The zero-order valence-corrected chi connectivity index (χ0v) is 14.2. The number of ether oxygens (including phenoxy) is 1. The Bertz CT molecular complexity index is 597. The van der Waals surface area contributed by atoms with Crippen molar-refractivity contribution in [2.24, 2.45) is 11.7 Å². The largest absolute Gasteiger partial charge is 0.482 e. The number of amides is 4. The lowest BCUT2D eigenvalue weighted by molar-refractivity contribution is -0.131. The zero-order chi connectivity index (χ0) is 18.1. The molecule has 0 saturated carbocycles. The van der Waals surface area contributed by atoms with Gasteiger partial charge in [-0.3, -0.25) is 20.4 Å². The van der Waals surface area contributed by atoms with Gasteiger partial charge in [-0.2, -0.15) is 0 Å². The molecule has 5 N–H and O–H groups in total. The van der Waals surface area contributed by atoms with Gasteiger partial charge in [0.2, 0.25) is 0 Å². The summed E-state index contributed by atoms with van der Waals surface area (Å²) in [6.45, 7) is 3.31. The third kappa shape index (κ3) is 6.33. The van der Waals surface area contributed by atoms with Gasteiger partial charge in [-0.1, -0.05) is 44.0 Å². The van der Waals surface area contributed by atoms with Crippen molar-refractivity contribution in [2.75, 3.05) is 6.61 Å². The summed E-state index contributed by atoms with van der Waals surface area (Å²) in [5.74, 6) is -0.957. The topological polar surface area (TPSA) is 123 Å². The Hall–Kier alpha value is -2.48. The van der Waals surface area contributed by atoms with E-state index in [1.165, 1.54) is 0 Å². The number of hydrogen-bond acceptors (Lipinski definition) is 4. The normalized spacial score (nSPS) is 12.6. The van der Waals surface area contributed by atoms with Crippen LogP contribution in [0.5, 0.6) is 5.75 Å². The van der Waals surface area contributed by atoms with E-state index < -0.39 is 23.9 Å². The number of hydrogen-bond donors (Lipinski definition) is 4. The molecule has 0 aliphatic carbocycles. The van der Waals surface area contributed by atoms with Crippen LogP contribution in [0.3, 0.4) is 0 Å². The molecule has 4 amide bonds. The van der Waals surface area contributed by atoms with Crippen molar-refractivity contribution in [3.8, 4) is 5.75 Å². The van der Waals surface area contributed by atoms with E-state index in [0.29, 0.717) is 17.2 Å². The van der Waals surface area contributed by atoms with Crippen molar-refractivity contribution in [1.29, 1.82) is 0 Å². The summed E-state index contributed by atoms with van der Waals surface area (Å²) < 4.78 is 5.24. The maximum absolute atomic E-state index is 12.1. The summed E-state index contributed by atoms with van der Waals surface area (Å²) >= 11 is 5.90. The Balaban J connectivity index is 2.48. The molecular formula is C15H21ClN4O4. The van der Waals surface area contributed by atoms with E-state index in [0.717, 1.165) is 0 Å². The maximum atomic E-state index is 12.1. The Kier molecular flexibility index (Phi) is 7.84. The lowest BCUT2D eigenvalue weighted by Gasteiger charge is -2.22. The highest BCUT2D eigenvalue weighted by molar-refractivity contribution is 6.32. The van der Waals surface area contributed by atoms with E-state index in [4.69, 9.17) is 22.1 Å². The molecule has 1 aromatic carbocycles. The summed E-state index contributed by atoms with van der Waals surface area (Å²) in [6.07, 6.45) is 0.641. The van der Waals surface area contributed by atoms with Gasteiger partial charge in [0.25, 0.3) is 11.8 Å². The fraction of sp³-hybridized carbons (Fsp3) is 0.400. The van der Waals surface area contributed by atoms with Gasteiger partial charge in [0.1, 0.15) is 11.8 Å². The van der Waals surface area contributed by atoms with Gasteiger partial charge in [-0.15, -0.1) is 0 Å². The molecule has 1 rings (SSSR count). The number of carbonyl (C=O) groups excluding carboxylic acids is 3. The van der Waals surface area contributed by atoms with Crippen LogP contribution in [0.2, 0.25) is 5.02 Å². The van der Waals surface area contributed by atoms with Crippen LogP contribution in [0.15, 0.2) is 24.3 Å². The third-order valence-electron chi connectivity index (χ3n) is 3.31. The first kappa shape index (κ1) is 19.6. The molecule has 0 aliphatic rings. The van der Waals surface area contributed by atoms with Crippen LogP contribution in [0, 0.1) is 5.92 Å². The van der Waals surface area contributed by atoms with Gasteiger partial charge in [0.15, 0.2) is 6.61 Å². The Morgan fingerprint density at radius 1 is 1.25 bits per heavy atom. The highest BCUT2D eigenvalue weighted by atomic mass is 35.5. The predicted octanol–water partition coefficient (Wildman–Crippen LogP) is 0.949. The number of hydrazine groups is 1. The minimum atomic E-state index is -0.850. The number of rotatable bonds is 7. The van der Waals surface area contributed by atoms with Crippen LogP contribution in [0.25, 0.3) is 0 Å². The van der Waals surface area contributed by atoms with Crippen LogP contribution < -0.4 is 26.6 Å². The van der Waals surface area contributed by atoms with Crippen molar-refractivity contribution in [3.63, 3.8) is 0 Å². The van der Waals surface area contributed by atoms with Crippen molar-refractivity contribution in [3.05, 3.63) is 29.3 Å². The number of para-hydroxylation sites is 1. The molecule has 0 heterocycles. The molecule has 0 saturated heterocycles. The summed E-state index contributed by atoms with van der Waals surface area (Å²) in [6, 6.07) is 5.02. The van der Waals surface area contributed by atoms with Gasteiger partial charge in [-0.25, -0.2) is 4.79 Å². The number of urea groups is 1. The molecular weight excluding hydrogens is 336 g/mol. The van der Waals surface area contributed by atoms with Crippen LogP contribution in [0.1, 0.15) is 20.3 Å². The molecule has 1 aromatic rings. The molecule has 8 nitrogen and oxygen atoms in total. The maximum Gasteiger partial charge on any atom is 0.312 e. The Morgan fingerprint density at radius 3 is 2.50 bits per heavy atom. The van der Waals surface area contributed by atoms with E-state index in [1.54, 1.807) is 31.2 Å². The number of halogens is 1. The van der Waals surface area contributed by atoms with E-state index in [2.05, 4.69) is 16.2 Å². The Labute approximate surface area is 145 Å². The smallest absolute Gasteiger partial charge is 0.312 e. The van der Waals surface area contributed by atoms with Crippen LogP contribution in [-0.2, 0) is 9.59 Å². The number of carbonyl (C=O) groups is 3. The number of nitrogens with two attached hydrogens (primary N) is 1. The second kappa shape index (κ2) is 9.61. The summed E-state index contributed by atoms with van der Waals surface area (Å²) in [4.78, 5) is 34.7. The average Bonchev–Trinajstić information content (AvgIpc) is 2.55. The fourth-order valence-electron chi connectivity index (χ4n) is 1.81. The molecule has 9 heteroatoms. The van der Waals surface area contributed by atoms with Crippen molar-refractivity contribution < 1.29 is 19.1 Å². The minimum absolute atomic E-state index is 0.159. The molecule has 0 unspecified atom stereocenters. The van der Waals surface area contributed by atoms with Crippen LogP contribution >= 0.6 is 11.6 Å². The molecule has 0 fully saturated rings. The molecule has 0 bridgehead atoms. The molecule has 0 radical (unpaired) electrons. The number of nitrogens with one attached hydrogen (secondary N) is 3. The molecule has 132 valence electrons. The van der Waals surface area contributed by atoms with Crippen LogP contribution in [0.4, 0.5) is 4.79 Å². The molecule has 24 heavy (non-hydrogen) atoms. The Morgan fingerprint density at radius 2 is 1.92 bits per heavy atom. The van der Waals surface area contributed by atoms with Gasteiger partial charge in [0, 0.05) is 0 Å². The fourth-order valence-corrected chi connectivity index (χ4v) is 2.00. The van der Waals surface area contributed by atoms with Gasteiger partial charge in [0.05, 0.1) is 5.02 Å². The standard InChI is InChI=1S/C15H21ClN4O4/c1-3-9(2)13(18-15(17)23)14(22)20-19-12(21)8-24-11-7-5-4-6-10(11)16/h4-7,9,13H,3,8H2,1-2H3,(H,19,21)(H,20,22)(H3,17,18,23)/t9-,13-/m0/s1. The lowest BCUT2D eigenvalue weighted by Crippen LogP contribution is -2.56. The minimum Gasteiger partial charge on any atom is -0.482 e. The summed E-state index contributed by atoms with van der Waals surface area (Å²) in [5.41, 5.74) is 9.49. The van der Waals surface area contributed by atoms with Crippen molar-refractivity contribution in [2.45, 2.75) is 26.3 Å². The second-order valence-corrected chi connectivity index (χ2v) is 5.54. The van der Waals surface area contributed by atoms with Crippen molar-refractivity contribution >= 4 is 29.4 Å². The van der Waals surface area contributed by atoms with Crippen molar-refractivity contribution in [1.82, 2.24) is 16.2 Å². The van der Waals surface area contributed by atoms with E-state index in [-0.39, 0.29) is 12.5 Å². The first-order valence-electron chi connectivity index (χ1n) is 7.37. The monoisotopic (exact) mass is 356 g/mol. The number of benzene rings is 1. The first-order valence-corrected chi connectivity index (χ1v) is 7.75. The zero-order valence-electron chi connectivity index (χ0n) is 13.5. The second-order valence-electron chi connectivity index (χ2n) is 5.13. The van der Waals surface area contributed by atoms with Gasteiger partial charge >= 0.3 is 6.03 Å². The van der Waals surface area contributed by atoms with Crippen LogP contribution in [-0.4, -0.2) is 30.5 Å². The highest BCUT2D eigenvalue weighted by Crippen LogP contribution is 2.22. The third-order valence-corrected chi connectivity index (χ3v) is 3.63. The molecule has 0 spiro atoms. The number of primary amides is 1. The quantitative estimate of drug-likeness (QED) is 0.543. The van der Waals surface area contributed by atoms with E-state index in [1.807, 2.05) is 6.92 Å². The molecule has 0 aliphatic heterocycles. The van der Waals surface area contributed by atoms with E-state index >= 15 is 0 Å². The first-order chi connectivity index (χ1) is 11.3. The lowest BCUT2D eigenvalue weighted by atomic mass is 9.99. The summed E-state index contributed by atoms with van der Waals surface area (Å²) in [5, 5.41) is 2.72. The van der Waals surface area contributed by atoms with Gasteiger partial charge in [-0.05, 0) is 18.1 Å². The highest BCUT2D eigenvalue weighted by Gasteiger charge is 2.25. The average molecular weight is 357 g/mol.